The molecule has 34 heavy (non-hydrogen) atoms. The van der Waals surface area contributed by atoms with Gasteiger partial charge in [0.1, 0.15) is 11.6 Å². The third-order valence-electron chi connectivity index (χ3n) is 5.42. The Morgan fingerprint density at radius 1 is 1.26 bits per heavy atom. The number of hydrogen-bond donors (Lipinski definition) is 1. The Hall–Kier alpha value is -2.62. The van der Waals surface area contributed by atoms with Crippen LogP contribution in [0.25, 0.3) is 6.08 Å². The van der Waals surface area contributed by atoms with Crippen LogP contribution in [0, 0.1) is 5.82 Å². The van der Waals surface area contributed by atoms with Crippen molar-refractivity contribution < 1.29 is 22.3 Å². The van der Waals surface area contributed by atoms with Gasteiger partial charge in [0.15, 0.2) is 0 Å². The summed E-state index contributed by atoms with van der Waals surface area (Å²) in [5.74, 6) is -0.0338. The highest BCUT2D eigenvalue weighted by Gasteiger charge is 2.26. The minimum atomic E-state index is -3.55. The molecule has 0 spiro atoms. The Bertz CT molecular complexity index is 1160. The first-order valence-corrected chi connectivity index (χ1v) is 13.2. The Balaban J connectivity index is 1.71. The van der Waals surface area contributed by atoms with Crippen LogP contribution in [0.4, 0.5) is 10.1 Å². The number of carbonyl (C=O) groups is 1. The molecule has 1 fully saturated rings. The molecule has 1 heterocycles. The first-order chi connectivity index (χ1) is 16.1. The van der Waals surface area contributed by atoms with Crippen LogP contribution in [0.5, 0.6) is 5.75 Å². The summed E-state index contributed by atoms with van der Waals surface area (Å²) < 4.78 is 44.6. The zero-order valence-electron chi connectivity index (χ0n) is 19.4. The molecular formula is C24H29ClFN3O4S. The molecular weight excluding hydrogens is 481 g/mol. The fraction of sp³-hybridized carbons (Fsp3) is 0.375. The quantitative estimate of drug-likeness (QED) is 0.544. The SMILES string of the molecule is CCOc1cc(C=CC(=O)N2CCN(Cc3ccc(F)cc3)C[C@H]2C)c(NS(C)(=O)=O)cc1Cl. The summed E-state index contributed by atoms with van der Waals surface area (Å²) in [5, 5.41) is 0.266. The minimum Gasteiger partial charge on any atom is -0.492 e. The van der Waals surface area contributed by atoms with Crippen molar-refractivity contribution in [1.82, 2.24) is 9.80 Å². The maximum absolute atomic E-state index is 13.1. The van der Waals surface area contributed by atoms with Crippen LogP contribution in [0.3, 0.4) is 0 Å². The lowest BCUT2D eigenvalue weighted by Gasteiger charge is -2.39. The van der Waals surface area contributed by atoms with E-state index in [4.69, 9.17) is 16.3 Å². The number of ether oxygens (including phenoxy) is 1. The zero-order chi connectivity index (χ0) is 24.9. The highest BCUT2D eigenvalue weighted by atomic mass is 35.5. The van der Waals surface area contributed by atoms with Crippen molar-refractivity contribution in [1.29, 1.82) is 0 Å². The number of nitrogens with zero attached hydrogens (tertiary/aromatic N) is 2. The molecule has 0 unspecified atom stereocenters. The van der Waals surface area contributed by atoms with E-state index < -0.39 is 10.0 Å². The Kier molecular flexibility index (Phi) is 8.57. The molecule has 0 bridgehead atoms. The number of rotatable bonds is 8. The maximum Gasteiger partial charge on any atom is 0.246 e. The molecule has 1 saturated heterocycles. The smallest absolute Gasteiger partial charge is 0.246 e. The van der Waals surface area contributed by atoms with Crippen molar-refractivity contribution in [3.63, 3.8) is 0 Å². The summed E-state index contributed by atoms with van der Waals surface area (Å²) in [7, 11) is -3.55. The molecule has 0 saturated carbocycles. The van der Waals surface area contributed by atoms with E-state index in [0.717, 1.165) is 11.8 Å². The van der Waals surface area contributed by atoms with E-state index in [1.807, 2.05) is 13.8 Å². The third kappa shape index (κ3) is 7.19. The summed E-state index contributed by atoms with van der Waals surface area (Å²) in [4.78, 5) is 16.9. The van der Waals surface area contributed by atoms with E-state index >= 15 is 0 Å². The van der Waals surface area contributed by atoms with E-state index in [9.17, 15) is 17.6 Å². The molecule has 1 aliphatic rings. The van der Waals surface area contributed by atoms with Crippen LogP contribution in [0.15, 0.2) is 42.5 Å². The van der Waals surface area contributed by atoms with Crippen LogP contribution >= 0.6 is 11.6 Å². The van der Waals surface area contributed by atoms with Crippen molar-refractivity contribution in [3.8, 4) is 5.75 Å². The van der Waals surface area contributed by atoms with Gasteiger partial charge in [-0.15, -0.1) is 0 Å². The Labute approximate surface area is 205 Å². The summed E-state index contributed by atoms with van der Waals surface area (Å²) in [6, 6.07) is 9.48. The Morgan fingerprint density at radius 3 is 2.59 bits per heavy atom. The number of amides is 1. The second kappa shape index (κ2) is 11.2. The highest BCUT2D eigenvalue weighted by molar-refractivity contribution is 7.92. The lowest BCUT2D eigenvalue weighted by Crippen LogP contribution is -2.53. The number of nitrogens with one attached hydrogen (secondary N) is 1. The molecule has 7 nitrogen and oxygen atoms in total. The second-order valence-electron chi connectivity index (χ2n) is 8.25. The van der Waals surface area contributed by atoms with Gasteiger partial charge in [-0.2, -0.15) is 0 Å². The molecule has 1 amide bonds. The van der Waals surface area contributed by atoms with Crippen LogP contribution in [-0.4, -0.2) is 62.7 Å². The lowest BCUT2D eigenvalue weighted by molar-refractivity contribution is -0.130. The van der Waals surface area contributed by atoms with Gasteiger partial charge < -0.3 is 9.64 Å². The van der Waals surface area contributed by atoms with Gasteiger partial charge in [0.2, 0.25) is 15.9 Å². The molecule has 2 aromatic rings. The molecule has 10 heteroatoms. The number of piperazine rings is 1. The van der Waals surface area contributed by atoms with Gasteiger partial charge in [-0.25, -0.2) is 12.8 Å². The first-order valence-electron chi connectivity index (χ1n) is 11.0. The van der Waals surface area contributed by atoms with Crippen molar-refractivity contribution in [2.45, 2.75) is 26.4 Å². The van der Waals surface area contributed by atoms with E-state index in [1.54, 1.807) is 29.2 Å². The van der Waals surface area contributed by atoms with E-state index in [2.05, 4.69) is 9.62 Å². The first kappa shape index (κ1) is 26.0. The van der Waals surface area contributed by atoms with Crippen LogP contribution in [0.1, 0.15) is 25.0 Å². The van der Waals surface area contributed by atoms with Gasteiger partial charge in [-0.3, -0.25) is 14.4 Å². The zero-order valence-corrected chi connectivity index (χ0v) is 21.0. The van der Waals surface area contributed by atoms with E-state index in [0.29, 0.717) is 44.1 Å². The number of anilines is 1. The van der Waals surface area contributed by atoms with Crippen molar-refractivity contribution in [2.75, 3.05) is 37.2 Å². The summed E-state index contributed by atoms with van der Waals surface area (Å²) in [6.07, 6.45) is 4.04. The second-order valence-corrected chi connectivity index (χ2v) is 10.4. The summed E-state index contributed by atoms with van der Waals surface area (Å²) in [6.45, 7) is 6.80. The third-order valence-corrected chi connectivity index (χ3v) is 6.30. The predicted octanol–water partition coefficient (Wildman–Crippen LogP) is 4.00. The van der Waals surface area contributed by atoms with Crippen LogP contribution in [-0.2, 0) is 21.4 Å². The maximum atomic E-state index is 13.1. The lowest BCUT2D eigenvalue weighted by atomic mass is 10.1. The van der Waals surface area contributed by atoms with Crippen LogP contribution < -0.4 is 9.46 Å². The van der Waals surface area contributed by atoms with Gasteiger partial charge in [0, 0.05) is 43.9 Å². The van der Waals surface area contributed by atoms with E-state index in [1.165, 1.54) is 24.3 Å². The number of hydrogen-bond acceptors (Lipinski definition) is 5. The van der Waals surface area contributed by atoms with Crippen molar-refractivity contribution in [3.05, 3.63) is 64.4 Å². The molecule has 0 aromatic heterocycles. The van der Waals surface area contributed by atoms with Gasteiger partial charge in [0.25, 0.3) is 0 Å². The van der Waals surface area contributed by atoms with Gasteiger partial charge in [-0.05, 0) is 49.8 Å². The number of benzene rings is 2. The molecule has 184 valence electrons. The fourth-order valence-electron chi connectivity index (χ4n) is 3.87. The summed E-state index contributed by atoms with van der Waals surface area (Å²) in [5.41, 5.74) is 1.75. The molecule has 1 N–H and O–H groups in total. The molecule has 0 aliphatic carbocycles. The van der Waals surface area contributed by atoms with Crippen molar-refractivity contribution in [2.24, 2.45) is 0 Å². The van der Waals surface area contributed by atoms with Gasteiger partial charge >= 0.3 is 0 Å². The predicted molar refractivity (Wildman–Crippen MR) is 133 cm³/mol. The van der Waals surface area contributed by atoms with E-state index in [-0.39, 0.29) is 28.5 Å². The topological polar surface area (TPSA) is 79.0 Å². The molecule has 3 rings (SSSR count). The molecule has 1 atom stereocenters. The number of sulfonamides is 1. The fourth-order valence-corrected chi connectivity index (χ4v) is 4.66. The molecule has 1 aliphatic heterocycles. The normalized spacial score (nSPS) is 17.2. The molecule has 0 radical (unpaired) electrons. The average Bonchev–Trinajstić information content (AvgIpc) is 2.75. The van der Waals surface area contributed by atoms with Crippen LogP contribution in [0.2, 0.25) is 5.02 Å². The molecule has 2 aromatic carbocycles. The minimum absolute atomic E-state index is 0.0239. The number of carbonyl (C=O) groups excluding carboxylic acids is 1. The average molecular weight is 510 g/mol. The van der Waals surface area contributed by atoms with Gasteiger partial charge in [-0.1, -0.05) is 23.7 Å². The summed E-state index contributed by atoms with van der Waals surface area (Å²) >= 11 is 6.21. The van der Waals surface area contributed by atoms with Crippen molar-refractivity contribution >= 4 is 39.3 Å². The Morgan fingerprint density at radius 2 is 1.97 bits per heavy atom. The monoisotopic (exact) mass is 509 g/mol. The largest absolute Gasteiger partial charge is 0.492 e. The van der Waals surface area contributed by atoms with Gasteiger partial charge in [0.05, 0.1) is 23.6 Å². The highest BCUT2D eigenvalue weighted by Crippen LogP contribution is 2.32. The number of halogens is 2. The standard InChI is InChI=1S/C24H29ClFN3O4S/c1-4-33-23-13-19(22(14-21(23)25)27-34(3,31)32)7-10-24(30)29-12-11-28(15-17(29)2)16-18-5-8-20(26)9-6-18/h5-10,13-14,17,27H,4,11-12,15-16H2,1-3H3/t17-/m1/s1.